The average molecular weight is 267 g/mol. The first-order chi connectivity index (χ1) is 8.33. The molecule has 0 aliphatic rings. The Morgan fingerprint density at radius 3 is 2.61 bits per heavy atom. The molecule has 0 aliphatic heterocycles. The molecule has 2 atom stereocenters. The molecule has 0 bridgehead atoms. The third-order valence-corrected chi connectivity index (χ3v) is 2.37. The average Bonchev–Trinajstić information content (AvgIpc) is 2.65. The summed E-state index contributed by atoms with van der Waals surface area (Å²) in [5.74, 6) is 0.320. The first-order valence-corrected chi connectivity index (χ1v) is 5.56. The largest absolute Gasteiger partial charge is 0.411 e. The normalized spacial score (nSPS) is 15.7. The van der Waals surface area contributed by atoms with Crippen molar-refractivity contribution < 1.29 is 22.4 Å². The van der Waals surface area contributed by atoms with Crippen molar-refractivity contribution in [3.8, 4) is 0 Å². The van der Waals surface area contributed by atoms with Crippen LogP contribution in [-0.2, 0) is 11.3 Å². The predicted molar refractivity (Wildman–Crippen MR) is 56.7 cm³/mol. The lowest BCUT2D eigenvalue weighted by atomic mass is 9.99. The Kier molecular flexibility index (Phi) is 5.09. The number of nitrogens with two attached hydrogens (primary N) is 1. The Bertz CT molecular complexity index is 365. The van der Waals surface area contributed by atoms with Crippen molar-refractivity contribution in [2.45, 2.75) is 45.0 Å². The number of hydrogen-bond donors (Lipinski definition) is 1. The minimum absolute atomic E-state index is 0.0911. The van der Waals surface area contributed by atoms with Crippen molar-refractivity contribution in [1.29, 1.82) is 0 Å². The van der Waals surface area contributed by atoms with Gasteiger partial charge in [-0.3, -0.25) is 0 Å². The van der Waals surface area contributed by atoms with Crippen LogP contribution in [0.1, 0.15) is 37.9 Å². The van der Waals surface area contributed by atoms with Crippen molar-refractivity contribution in [2.24, 2.45) is 5.73 Å². The second kappa shape index (κ2) is 6.14. The van der Waals surface area contributed by atoms with Crippen LogP contribution in [0.3, 0.4) is 0 Å². The first kappa shape index (κ1) is 14.9. The highest BCUT2D eigenvalue weighted by molar-refractivity contribution is 4.96. The number of nitrogens with zero attached hydrogens (tertiary/aromatic N) is 2. The topological polar surface area (TPSA) is 74.2 Å². The van der Waals surface area contributed by atoms with Crippen LogP contribution in [0, 0.1) is 0 Å². The molecule has 1 heterocycles. The van der Waals surface area contributed by atoms with Gasteiger partial charge in [0.25, 0.3) is 0 Å². The summed E-state index contributed by atoms with van der Waals surface area (Å²) in [7, 11) is 0. The molecule has 0 amide bonds. The fourth-order valence-corrected chi connectivity index (χ4v) is 1.51. The van der Waals surface area contributed by atoms with Crippen LogP contribution in [0.4, 0.5) is 13.2 Å². The molecule has 1 rings (SSSR count). The molecule has 104 valence electrons. The number of halogens is 3. The molecule has 1 aromatic rings. The molecule has 0 radical (unpaired) electrons. The zero-order valence-corrected chi connectivity index (χ0v) is 10.2. The monoisotopic (exact) mass is 267 g/mol. The SMILES string of the molecule is CCC(c1nc(COCC(F)(F)F)no1)C(C)N. The van der Waals surface area contributed by atoms with Crippen LogP contribution in [0.2, 0.25) is 0 Å². The van der Waals surface area contributed by atoms with Gasteiger partial charge in [0, 0.05) is 6.04 Å². The maximum Gasteiger partial charge on any atom is 0.411 e. The number of hydrogen-bond acceptors (Lipinski definition) is 5. The smallest absolute Gasteiger partial charge is 0.364 e. The molecule has 0 saturated heterocycles. The van der Waals surface area contributed by atoms with E-state index in [0.717, 1.165) is 0 Å². The molecule has 8 heteroatoms. The van der Waals surface area contributed by atoms with Crippen LogP contribution < -0.4 is 5.73 Å². The van der Waals surface area contributed by atoms with E-state index in [1.165, 1.54) is 0 Å². The van der Waals surface area contributed by atoms with E-state index >= 15 is 0 Å². The van der Waals surface area contributed by atoms with Gasteiger partial charge in [-0.05, 0) is 13.3 Å². The summed E-state index contributed by atoms with van der Waals surface area (Å²) in [4.78, 5) is 3.97. The summed E-state index contributed by atoms with van der Waals surface area (Å²) >= 11 is 0. The fraction of sp³-hybridized carbons (Fsp3) is 0.800. The van der Waals surface area contributed by atoms with E-state index in [2.05, 4.69) is 14.9 Å². The Morgan fingerprint density at radius 2 is 2.11 bits per heavy atom. The molecule has 2 unspecified atom stereocenters. The van der Waals surface area contributed by atoms with Gasteiger partial charge in [-0.1, -0.05) is 12.1 Å². The summed E-state index contributed by atoms with van der Waals surface area (Å²) in [6, 6.07) is -0.167. The summed E-state index contributed by atoms with van der Waals surface area (Å²) in [5.41, 5.74) is 5.74. The van der Waals surface area contributed by atoms with E-state index in [-0.39, 0.29) is 24.4 Å². The van der Waals surface area contributed by atoms with Crippen LogP contribution in [0.5, 0.6) is 0 Å². The van der Waals surface area contributed by atoms with Gasteiger partial charge in [0.05, 0.1) is 5.92 Å². The molecule has 0 saturated carbocycles. The van der Waals surface area contributed by atoms with Gasteiger partial charge in [0.15, 0.2) is 5.82 Å². The Hall–Kier alpha value is -1.15. The molecule has 0 aliphatic carbocycles. The molecular weight excluding hydrogens is 251 g/mol. The minimum atomic E-state index is -4.36. The predicted octanol–water partition coefficient (Wildman–Crippen LogP) is 1.99. The number of rotatable bonds is 6. The lowest BCUT2D eigenvalue weighted by molar-refractivity contribution is -0.177. The third kappa shape index (κ3) is 4.61. The number of aromatic nitrogens is 2. The van der Waals surface area contributed by atoms with Gasteiger partial charge >= 0.3 is 6.18 Å². The summed E-state index contributed by atoms with van der Waals surface area (Å²) in [6.45, 7) is 2.05. The summed E-state index contributed by atoms with van der Waals surface area (Å²) < 4.78 is 44.9. The number of ether oxygens (including phenoxy) is 1. The van der Waals surface area contributed by atoms with Crippen LogP contribution >= 0.6 is 0 Å². The van der Waals surface area contributed by atoms with Gasteiger partial charge in [0.2, 0.25) is 5.89 Å². The van der Waals surface area contributed by atoms with Gasteiger partial charge in [0.1, 0.15) is 13.2 Å². The van der Waals surface area contributed by atoms with Crippen molar-refractivity contribution >= 4 is 0 Å². The zero-order valence-electron chi connectivity index (χ0n) is 10.2. The van der Waals surface area contributed by atoms with E-state index in [9.17, 15) is 13.2 Å². The molecule has 0 fully saturated rings. The van der Waals surface area contributed by atoms with Crippen molar-refractivity contribution in [1.82, 2.24) is 10.1 Å². The molecule has 2 N–H and O–H groups in total. The highest BCUT2D eigenvalue weighted by Gasteiger charge is 2.28. The lowest BCUT2D eigenvalue weighted by Gasteiger charge is -2.13. The highest BCUT2D eigenvalue weighted by atomic mass is 19.4. The number of alkyl halides is 3. The quantitative estimate of drug-likeness (QED) is 0.853. The lowest BCUT2D eigenvalue weighted by Crippen LogP contribution is -2.24. The summed E-state index contributed by atoms with van der Waals surface area (Å²) in [6.07, 6.45) is -3.65. The van der Waals surface area contributed by atoms with Crippen molar-refractivity contribution in [3.05, 3.63) is 11.7 Å². The van der Waals surface area contributed by atoms with E-state index in [4.69, 9.17) is 10.3 Å². The van der Waals surface area contributed by atoms with Crippen molar-refractivity contribution in [2.75, 3.05) is 6.61 Å². The van der Waals surface area contributed by atoms with Gasteiger partial charge in [-0.25, -0.2) is 0 Å². The van der Waals surface area contributed by atoms with Gasteiger partial charge in [-0.2, -0.15) is 18.2 Å². The van der Waals surface area contributed by atoms with E-state index in [1.54, 1.807) is 6.92 Å². The maximum absolute atomic E-state index is 11.8. The third-order valence-electron chi connectivity index (χ3n) is 2.37. The van der Waals surface area contributed by atoms with Crippen LogP contribution in [0.15, 0.2) is 4.52 Å². The Labute approximate surface area is 102 Å². The second-order valence-electron chi connectivity index (χ2n) is 4.03. The molecule has 1 aromatic heterocycles. The minimum Gasteiger partial charge on any atom is -0.364 e. The van der Waals surface area contributed by atoms with E-state index in [0.29, 0.717) is 12.3 Å². The zero-order chi connectivity index (χ0) is 13.8. The fourth-order valence-electron chi connectivity index (χ4n) is 1.51. The standard InChI is InChI=1S/C10H16F3N3O2/c1-3-7(6(2)14)9-15-8(16-18-9)4-17-5-10(11,12)13/h6-7H,3-5,14H2,1-2H3. The van der Waals surface area contributed by atoms with Crippen LogP contribution in [0.25, 0.3) is 0 Å². The Morgan fingerprint density at radius 1 is 1.44 bits per heavy atom. The van der Waals surface area contributed by atoms with Gasteiger partial charge in [-0.15, -0.1) is 0 Å². The maximum atomic E-state index is 11.8. The first-order valence-electron chi connectivity index (χ1n) is 5.56. The van der Waals surface area contributed by atoms with E-state index in [1.807, 2.05) is 6.92 Å². The molecule has 18 heavy (non-hydrogen) atoms. The second-order valence-corrected chi connectivity index (χ2v) is 4.03. The summed E-state index contributed by atoms with van der Waals surface area (Å²) in [5, 5.41) is 3.55. The highest BCUT2D eigenvalue weighted by Crippen LogP contribution is 2.21. The van der Waals surface area contributed by atoms with Crippen molar-refractivity contribution in [3.63, 3.8) is 0 Å². The molecular formula is C10H16F3N3O2. The van der Waals surface area contributed by atoms with Crippen LogP contribution in [-0.4, -0.2) is 29.0 Å². The molecule has 5 nitrogen and oxygen atoms in total. The van der Waals surface area contributed by atoms with E-state index < -0.39 is 12.8 Å². The molecule has 0 spiro atoms. The molecule has 0 aromatic carbocycles. The van der Waals surface area contributed by atoms with Gasteiger partial charge < -0.3 is 15.0 Å². The Balaban J connectivity index is 2.53.